The molecule has 3 rings (SSSR count). The third-order valence-corrected chi connectivity index (χ3v) is 5.14. The van der Waals surface area contributed by atoms with E-state index in [9.17, 15) is 19.5 Å². The maximum atomic E-state index is 13.2. The van der Waals surface area contributed by atoms with Crippen LogP contribution in [-0.2, 0) is 19.1 Å². The second-order valence-corrected chi connectivity index (χ2v) is 6.90. The Kier molecular flexibility index (Phi) is 5.21. The van der Waals surface area contributed by atoms with Crippen molar-refractivity contribution in [1.82, 2.24) is 5.32 Å². The number of amides is 1. The normalized spacial score (nSPS) is 24.9. The number of phenols is 1. The number of ether oxygens (including phenoxy) is 2. The summed E-state index contributed by atoms with van der Waals surface area (Å²) in [6.45, 7) is 3.71. The molecule has 1 amide bonds. The number of ketones is 1. The van der Waals surface area contributed by atoms with Crippen molar-refractivity contribution < 1.29 is 29.0 Å². The van der Waals surface area contributed by atoms with Crippen LogP contribution >= 0.6 is 0 Å². The number of carbonyl (C=O) groups excluding carboxylic acids is 3. The van der Waals surface area contributed by atoms with Gasteiger partial charge in [-0.1, -0.05) is 13.0 Å². The van der Waals surface area contributed by atoms with E-state index in [-0.39, 0.29) is 42.1 Å². The molecule has 144 valence electrons. The van der Waals surface area contributed by atoms with E-state index in [0.29, 0.717) is 23.3 Å². The van der Waals surface area contributed by atoms with Gasteiger partial charge >= 0.3 is 5.97 Å². The molecule has 0 fully saturated rings. The number of hydrogen-bond acceptors (Lipinski definition) is 6. The van der Waals surface area contributed by atoms with Gasteiger partial charge in [-0.2, -0.15) is 0 Å². The number of carbonyl (C=O) groups is 3. The topological polar surface area (TPSA) is 102 Å². The van der Waals surface area contributed by atoms with Crippen molar-refractivity contribution >= 4 is 17.7 Å². The van der Waals surface area contributed by atoms with E-state index in [1.54, 1.807) is 19.1 Å². The van der Waals surface area contributed by atoms with E-state index in [1.807, 2.05) is 6.92 Å². The molecule has 0 spiro atoms. The van der Waals surface area contributed by atoms with Gasteiger partial charge in [0.2, 0.25) is 5.91 Å². The van der Waals surface area contributed by atoms with Gasteiger partial charge < -0.3 is 19.9 Å². The van der Waals surface area contributed by atoms with Crippen molar-refractivity contribution in [3.05, 3.63) is 35.0 Å². The van der Waals surface area contributed by atoms with Gasteiger partial charge in [0.25, 0.3) is 0 Å². The number of esters is 1. The van der Waals surface area contributed by atoms with Gasteiger partial charge in [-0.15, -0.1) is 0 Å². The molecule has 1 aromatic carbocycles. The molecule has 7 heteroatoms. The summed E-state index contributed by atoms with van der Waals surface area (Å²) in [7, 11) is 1.43. The van der Waals surface area contributed by atoms with Crippen LogP contribution in [0.4, 0.5) is 0 Å². The highest BCUT2D eigenvalue weighted by molar-refractivity contribution is 6.11. The van der Waals surface area contributed by atoms with Crippen molar-refractivity contribution in [2.24, 2.45) is 11.8 Å². The average molecular weight is 373 g/mol. The fourth-order valence-electron chi connectivity index (χ4n) is 3.90. The summed E-state index contributed by atoms with van der Waals surface area (Å²) in [5.74, 6) is -2.41. The maximum absolute atomic E-state index is 13.2. The van der Waals surface area contributed by atoms with E-state index in [1.165, 1.54) is 13.2 Å². The Balaban J connectivity index is 2.05. The lowest BCUT2D eigenvalue weighted by Gasteiger charge is -2.36. The van der Waals surface area contributed by atoms with Crippen molar-refractivity contribution in [3.8, 4) is 11.5 Å². The smallest absolute Gasteiger partial charge is 0.317 e. The Labute approximate surface area is 157 Å². The zero-order valence-electron chi connectivity index (χ0n) is 15.6. The average Bonchev–Trinajstić information content (AvgIpc) is 2.61. The van der Waals surface area contributed by atoms with Crippen molar-refractivity contribution in [2.45, 2.75) is 32.6 Å². The first-order valence-electron chi connectivity index (χ1n) is 8.98. The number of hydrogen-bond donors (Lipinski definition) is 2. The van der Waals surface area contributed by atoms with E-state index in [2.05, 4.69) is 5.32 Å². The quantitative estimate of drug-likeness (QED) is 0.619. The second-order valence-electron chi connectivity index (χ2n) is 6.90. The summed E-state index contributed by atoms with van der Waals surface area (Å²) in [6.07, 6.45) is 0.504. The number of nitrogens with one attached hydrogen (secondary N) is 1. The Morgan fingerprint density at radius 1 is 1.30 bits per heavy atom. The lowest BCUT2D eigenvalue weighted by atomic mass is 9.70. The first-order valence-corrected chi connectivity index (χ1v) is 8.98. The molecule has 0 saturated carbocycles. The summed E-state index contributed by atoms with van der Waals surface area (Å²) < 4.78 is 10.2. The van der Waals surface area contributed by atoms with Gasteiger partial charge in [0.1, 0.15) is 5.92 Å². The molecule has 0 bridgehead atoms. The summed E-state index contributed by atoms with van der Waals surface area (Å²) in [5, 5.41) is 12.6. The van der Waals surface area contributed by atoms with Crippen LogP contribution < -0.4 is 10.1 Å². The monoisotopic (exact) mass is 373 g/mol. The Bertz CT molecular complexity index is 828. The molecule has 0 aromatic heterocycles. The molecule has 3 unspecified atom stereocenters. The molecule has 1 aromatic rings. The third kappa shape index (κ3) is 3.41. The summed E-state index contributed by atoms with van der Waals surface area (Å²) in [4.78, 5) is 37.8. The van der Waals surface area contributed by atoms with Crippen molar-refractivity contribution in [2.75, 3.05) is 13.7 Å². The summed E-state index contributed by atoms with van der Waals surface area (Å²) in [6, 6.07) is 4.75. The first kappa shape index (κ1) is 18.9. The molecular formula is C20H23NO6. The number of phenolic OH excluding ortho intramolecular Hbond substituents is 1. The number of benzene rings is 1. The van der Waals surface area contributed by atoms with Gasteiger partial charge in [-0.05, 0) is 37.0 Å². The molecule has 2 N–H and O–H groups in total. The van der Waals surface area contributed by atoms with Crippen LogP contribution in [0.15, 0.2) is 29.5 Å². The van der Waals surface area contributed by atoms with Crippen LogP contribution in [0.2, 0.25) is 0 Å². The molecule has 3 atom stereocenters. The molecule has 0 radical (unpaired) electrons. The Morgan fingerprint density at radius 2 is 2.04 bits per heavy atom. The SMILES string of the molecule is CCOC(=O)C1C(=O)C2=C(CC1C)NC(=O)CC2c1ccc(O)c(OC)c1. The largest absolute Gasteiger partial charge is 0.504 e. The highest BCUT2D eigenvalue weighted by Crippen LogP contribution is 2.43. The molecule has 1 aliphatic heterocycles. The zero-order chi connectivity index (χ0) is 19.7. The van der Waals surface area contributed by atoms with Crippen LogP contribution in [0.25, 0.3) is 0 Å². The lowest BCUT2D eigenvalue weighted by molar-refractivity contribution is -0.153. The van der Waals surface area contributed by atoms with Crippen molar-refractivity contribution in [3.63, 3.8) is 0 Å². The number of aromatic hydroxyl groups is 1. The standard InChI is InChI=1S/C20H23NO6/c1-4-27-20(25)17-10(2)7-13-18(19(17)24)12(9-16(23)21-13)11-5-6-14(22)15(8-11)26-3/h5-6,8,10,12,17,22H,4,7,9H2,1-3H3,(H,21,23). The fraction of sp³-hybridized carbons (Fsp3) is 0.450. The van der Waals surface area contributed by atoms with E-state index in [0.717, 1.165) is 0 Å². The highest BCUT2D eigenvalue weighted by atomic mass is 16.5. The molecule has 1 aliphatic carbocycles. The van der Waals surface area contributed by atoms with Gasteiger partial charge in [0.05, 0.1) is 13.7 Å². The predicted molar refractivity (Wildman–Crippen MR) is 96.1 cm³/mol. The summed E-state index contributed by atoms with van der Waals surface area (Å²) >= 11 is 0. The van der Waals surface area contributed by atoms with Gasteiger partial charge in [-0.3, -0.25) is 14.4 Å². The first-order chi connectivity index (χ1) is 12.9. The number of allylic oxidation sites excluding steroid dienone is 2. The van der Waals surface area contributed by atoms with E-state index in [4.69, 9.17) is 9.47 Å². The van der Waals surface area contributed by atoms with Crippen LogP contribution in [0.5, 0.6) is 11.5 Å². The molecule has 27 heavy (non-hydrogen) atoms. The van der Waals surface area contributed by atoms with Crippen LogP contribution in [0.3, 0.4) is 0 Å². The van der Waals surface area contributed by atoms with Gasteiger partial charge in [0, 0.05) is 23.6 Å². The Morgan fingerprint density at radius 3 is 2.70 bits per heavy atom. The van der Waals surface area contributed by atoms with Crippen molar-refractivity contribution in [1.29, 1.82) is 0 Å². The number of rotatable bonds is 4. The zero-order valence-corrected chi connectivity index (χ0v) is 15.6. The van der Waals surface area contributed by atoms with E-state index >= 15 is 0 Å². The molecular weight excluding hydrogens is 350 g/mol. The Hall–Kier alpha value is -2.83. The minimum atomic E-state index is -0.875. The van der Waals surface area contributed by atoms with Crippen LogP contribution in [0, 0.1) is 11.8 Å². The fourth-order valence-corrected chi connectivity index (χ4v) is 3.90. The lowest BCUT2D eigenvalue weighted by Crippen LogP contribution is -2.44. The van der Waals surface area contributed by atoms with Crippen LogP contribution in [0.1, 0.15) is 38.2 Å². The van der Waals surface area contributed by atoms with E-state index < -0.39 is 17.8 Å². The third-order valence-electron chi connectivity index (χ3n) is 5.14. The van der Waals surface area contributed by atoms with Crippen LogP contribution in [-0.4, -0.2) is 36.5 Å². The number of methoxy groups -OCH3 is 1. The molecule has 0 saturated heterocycles. The second kappa shape index (κ2) is 7.42. The van der Waals surface area contributed by atoms with Gasteiger partial charge in [-0.25, -0.2) is 0 Å². The highest BCUT2D eigenvalue weighted by Gasteiger charge is 2.45. The molecule has 7 nitrogen and oxygen atoms in total. The predicted octanol–water partition coefficient (Wildman–Crippen LogP) is 2.05. The maximum Gasteiger partial charge on any atom is 0.317 e. The number of Topliss-reactive ketones (excluding diaryl/α,β-unsaturated/α-hetero) is 1. The summed E-state index contributed by atoms with van der Waals surface area (Å²) in [5.41, 5.74) is 1.69. The minimum Gasteiger partial charge on any atom is -0.504 e. The molecule has 1 heterocycles. The molecule has 2 aliphatic rings. The van der Waals surface area contributed by atoms with Gasteiger partial charge in [0.15, 0.2) is 17.3 Å². The minimum absolute atomic E-state index is 0.0243.